The van der Waals surface area contributed by atoms with E-state index in [9.17, 15) is 0 Å². The number of aromatic nitrogens is 3. The lowest BCUT2D eigenvalue weighted by atomic mass is 10.1. The number of H-pyrrole nitrogens is 1. The number of aromatic amines is 1. The van der Waals surface area contributed by atoms with Crippen LogP contribution in [-0.4, -0.2) is 27.8 Å². The van der Waals surface area contributed by atoms with Crippen LogP contribution in [0.25, 0.3) is 0 Å². The SMILES string of the molecule is Cc1nc(C2OCCC2N)n[nH]1.Cl.Cl. The summed E-state index contributed by atoms with van der Waals surface area (Å²) in [7, 11) is 0. The Hall–Kier alpha value is -0.360. The van der Waals surface area contributed by atoms with Crippen molar-refractivity contribution in [1.29, 1.82) is 0 Å². The molecule has 0 radical (unpaired) electrons. The second-order valence-electron chi connectivity index (χ2n) is 3.02. The molecule has 1 aromatic heterocycles. The monoisotopic (exact) mass is 240 g/mol. The van der Waals surface area contributed by atoms with Gasteiger partial charge in [-0.25, -0.2) is 4.98 Å². The van der Waals surface area contributed by atoms with Gasteiger partial charge in [-0.05, 0) is 13.3 Å². The van der Waals surface area contributed by atoms with Crippen LogP contribution in [0.5, 0.6) is 0 Å². The van der Waals surface area contributed by atoms with Gasteiger partial charge in [0.1, 0.15) is 11.9 Å². The maximum Gasteiger partial charge on any atom is 0.180 e. The standard InChI is InChI=1S/C7H12N4O.2ClH/c1-4-9-7(11-10-4)6-5(8)2-3-12-6;;/h5-6H,2-3,8H2,1H3,(H,9,10,11);2*1H. The minimum atomic E-state index is -0.116. The maximum absolute atomic E-state index is 5.80. The summed E-state index contributed by atoms with van der Waals surface area (Å²) < 4.78 is 5.39. The van der Waals surface area contributed by atoms with Gasteiger partial charge in [0.25, 0.3) is 0 Å². The van der Waals surface area contributed by atoms with Gasteiger partial charge in [0.05, 0.1) is 0 Å². The fourth-order valence-electron chi connectivity index (χ4n) is 1.36. The zero-order valence-corrected chi connectivity index (χ0v) is 9.40. The Morgan fingerprint density at radius 2 is 2.21 bits per heavy atom. The molecule has 0 bridgehead atoms. The van der Waals surface area contributed by atoms with Gasteiger partial charge in [-0.15, -0.1) is 24.8 Å². The lowest BCUT2D eigenvalue weighted by molar-refractivity contribution is 0.0981. The van der Waals surface area contributed by atoms with Crippen molar-refractivity contribution in [2.24, 2.45) is 5.73 Å². The molecule has 0 spiro atoms. The Balaban J connectivity index is 0.000000845. The van der Waals surface area contributed by atoms with E-state index in [-0.39, 0.29) is 37.0 Å². The number of aryl methyl sites for hydroxylation is 1. The van der Waals surface area contributed by atoms with Crippen molar-refractivity contribution in [2.75, 3.05) is 6.61 Å². The van der Waals surface area contributed by atoms with Crippen LogP contribution < -0.4 is 5.73 Å². The molecule has 0 aromatic carbocycles. The topological polar surface area (TPSA) is 76.8 Å². The Labute approximate surface area is 94.6 Å². The van der Waals surface area contributed by atoms with Gasteiger partial charge < -0.3 is 10.5 Å². The number of nitrogens with zero attached hydrogens (tertiary/aromatic N) is 2. The van der Waals surface area contributed by atoms with Crippen molar-refractivity contribution in [3.8, 4) is 0 Å². The van der Waals surface area contributed by atoms with Crippen LogP contribution >= 0.6 is 24.8 Å². The van der Waals surface area contributed by atoms with Gasteiger partial charge in [-0.3, -0.25) is 5.10 Å². The molecule has 1 aliphatic rings. The molecule has 2 atom stereocenters. The molecule has 1 aliphatic heterocycles. The third-order valence-corrected chi connectivity index (χ3v) is 2.01. The molecule has 0 aliphatic carbocycles. The van der Waals surface area contributed by atoms with Crippen LogP contribution in [0.3, 0.4) is 0 Å². The van der Waals surface area contributed by atoms with Crippen LogP contribution in [-0.2, 0) is 4.74 Å². The number of ether oxygens (including phenoxy) is 1. The second kappa shape index (κ2) is 5.50. The summed E-state index contributed by atoms with van der Waals surface area (Å²) >= 11 is 0. The molecule has 2 unspecified atom stereocenters. The number of hydrogen-bond acceptors (Lipinski definition) is 4. The van der Waals surface area contributed by atoms with Gasteiger partial charge in [0.2, 0.25) is 0 Å². The van der Waals surface area contributed by atoms with Crippen molar-refractivity contribution in [3.05, 3.63) is 11.6 Å². The van der Waals surface area contributed by atoms with E-state index in [1.807, 2.05) is 6.92 Å². The highest BCUT2D eigenvalue weighted by atomic mass is 35.5. The van der Waals surface area contributed by atoms with E-state index in [1.165, 1.54) is 0 Å². The Morgan fingerprint density at radius 1 is 1.50 bits per heavy atom. The predicted molar refractivity (Wildman–Crippen MR) is 56.9 cm³/mol. The molecule has 2 heterocycles. The maximum atomic E-state index is 5.80. The summed E-state index contributed by atoms with van der Waals surface area (Å²) in [5.41, 5.74) is 5.80. The molecule has 7 heteroatoms. The van der Waals surface area contributed by atoms with Crippen LogP contribution in [0.4, 0.5) is 0 Å². The van der Waals surface area contributed by atoms with Gasteiger partial charge in [-0.1, -0.05) is 0 Å². The first-order chi connectivity index (χ1) is 5.77. The van der Waals surface area contributed by atoms with Crippen LogP contribution in [0.2, 0.25) is 0 Å². The van der Waals surface area contributed by atoms with Crippen LogP contribution in [0.1, 0.15) is 24.2 Å². The number of halogens is 2. The van der Waals surface area contributed by atoms with Crippen LogP contribution in [0, 0.1) is 6.92 Å². The lowest BCUT2D eigenvalue weighted by Gasteiger charge is -2.08. The highest BCUT2D eigenvalue weighted by molar-refractivity contribution is 5.85. The number of nitrogens with one attached hydrogen (secondary N) is 1. The molecule has 82 valence electrons. The minimum Gasteiger partial charge on any atom is -0.368 e. The molecular formula is C7H14Cl2N4O. The molecule has 1 saturated heterocycles. The second-order valence-corrected chi connectivity index (χ2v) is 3.02. The summed E-state index contributed by atoms with van der Waals surface area (Å²) in [6.07, 6.45) is 0.771. The first-order valence-corrected chi connectivity index (χ1v) is 4.03. The van der Waals surface area contributed by atoms with E-state index >= 15 is 0 Å². The lowest BCUT2D eigenvalue weighted by Crippen LogP contribution is -2.24. The normalized spacial score (nSPS) is 25.3. The van der Waals surface area contributed by atoms with Crippen molar-refractivity contribution in [1.82, 2.24) is 15.2 Å². The fraction of sp³-hybridized carbons (Fsp3) is 0.714. The summed E-state index contributed by atoms with van der Waals surface area (Å²) in [4.78, 5) is 4.17. The van der Waals surface area contributed by atoms with Crippen molar-refractivity contribution in [2.45, 2.75) is 25.5 Å². The number of nitrogens with two attached hydrogens (primary N) is 1. The zero-order valence-electron chi connectivity index (χ0n) is 7.77. The predicted octanol–water partition coefficient (Wildman–Crippen LogP) is 0.745. The Morgan fingerprint density at radius 3 is 2.64 bits per heavy atom. The average molecular weight is 241 g/mol. The largest absolute Gasteiger partial charge is 0.368 e. The van der Waals surface area contributed by atoms with Crippen molar-refractivity contribution in [3.63, 3.8) is 0 Å². The molecule has 0 saturated carbocycles. The van der Waals surface area contributed by atoms with E-state index in [2.05, 4.69) is 15.2 Å². The van der Waals surface area contributed by atoms with Crippen LogP contribution in [0.15, 0.2) is 0 Å². The zero-order chi connectivity index (χ0) is 8.55. The van der Waals surface area contributed by atoms with Gasteiger partial charge in [-0.2, -0.15) is 5.10 Å². The first-order valence-electron chi connectivity index (χ1n) is 4.03. The van der Waals surface area contributed by atoms with Gasteiger partial charge in [0, 0.05) is 12.6 Å². The number of hydrogen-bond donors (Lipinski definition) is 2. The summed E-state index contributed by atoms with van der Waals surface area (Å²) in [6, 6.07) is 0.0419. The van der Waals surface area contributed by atoms with Gasteiger partial charge in [0.15, 0.2) is 5.82 Å². The molecule has 0 amide bonds. The van der Waals surface area contributed by atoms with Crippen molar-refractivity contribution >= 4 is 24.8 Å². The third kappa shape index (κ3) is 2.57. The fourth-order valence-corrected chi connectivity index (χ4v) is 1.36. The number of rotatable bonds is 1. The molecule has 1 aromatic rings. The molecule has 5 nitrogen and oxygen atoms in total. The van der Waals surface area contributed by atoms with E-state index in [4.69, 9.17) is 10.5 Å². The highest BCUT2D eigenvalue weighted by Gasteiger charge is 2.29. The highest BCUT2D eigenvalue weighted by Crippen LogP contribution is 2.24. The first kappa shape index (κ1) is 13.6. The third-order valence-electron chi connectivity index (χ3n) is 2.01. The quantitative estimate of drug-likeness (QED) is 0.760. The summed E-state index contributed by atoms with van der Waals surface area (Å²) in [5, 5.41) is 6.78. The van der Waals surface area contributed by atoms with Crippen molar-refractivity contribution < 1.29 is 4.74 Å². The van der Waals surface area contributed by atoms with E-state index in [0.29, 0.717) is 12.4 Å². The molecule has 2 rings (SSSR count). The molecule has 3 N–H and O–H groups in total. The van der Waals surface area contributed by atoms with E-state index in [0.717, 1.165) is 12.2 Å². The summed E-state index contributed by atoms with van der Waals surface area (Å²) in [6.45, 7) is 2.57. The molecular weight excluding hydrogens is 227 g/mol. The van der Waals surface area contributed by atoms with E-state index in [1.54, 1.807) is 0 Å². The Kier molecular flexibility index (Phi) is 5.36. The van der Waals surface area contributed by atoms with E-state index < -0.39 is 0 Å². The Bertz CT molecular complexity index is 280. The average Bonchev–Trinajstić information content (AvgIpc) is 2.58. The van der Waals surface area contributed by atoms with Gasteiger partial charge >= 0.3 is 0 Å². The molecule has 14 heavy (non-hydrogen) atoms. The summed E-state index contributed by atoms with van der Waals surface area (Å²) in [5.74, 6) is 1.48. The molecule has 1 fully saturated rings. The smallest absolute Gasteiger partial charge is 0.180 e. The minimum absolute atomic E-state index is 0.